The van der Waals surface area contributed by atoms with Crippen LogP contribution in [0.4, 0.5) is 13.2 Å². The molecule has 0 fully saturated rings. The van der Waals surface area contributed by atoms with E-state index in [-0.39, 0.29) is 6.54 Å². The van der Waals surface area contributed by atoms with Gasteiger partial charge in [-0.05, 0) is 43.2 Å². The zero-order valence-electron chi connectivity index (χ0n) is 16.7. The molecule has 0 aliphatic carbocycles. The van der Waals surface area contributed by atoms with Gasteiger partial charge in [-0.3, -0.25) is 4.57 Å². The molecule has 1 aromatic carbocycles. The molecule has 2 aromatic heterocycles. The van der Waals surface area contributed by atoms with Gasteiger partial charge in [-0.1, -0.05) is 18.2 Å². The molecule has 0 radical (unpaired) electrons. The number of nitrogens with zero attached hydrogens (tertiary/aromatic N) is 4. The summed E-state index contributed by atoms with van der Waals surface area (Å²) in [5, 5.41) is 6.16. The summed E-state index contributed by atoms with van der Waals surface area (Å²) in [5.74, 6) is 2.14. The third-order valence-corrected chi connectivity index (χ3v) is 4.36. The number of hydrogen-bond donors (Lipinski definition) is 2. The molecule has 0 saturated carbocycles. The van der Waals surface area contributed by atoms with Gasteiger partial charge >= 0.3 is 6.18 Å². The van der Waals surface area contributed by atoms with Crippen LogP contribution < -0.4 is 10.6 Å². The van der Waals surface area contributed by atoms with Gasteiger partial charge in [0, 0.05) is 31.7 Å². The van der Waals surface area contributed by atoms with Crippen LogP contribution >= 0.6 is 0 Å². The SMILES string of the molecule is CCNC(=NCc1ccc(-n2ccnc2C)nc1)NCc1cccc(C(F)(F)F)c1. The first-order valence-corrected chi connectivity index (χ1v) is 9.50. The Labute approximate surface area is 172 Å². The van der Waals surface area contributed by atoms with E-state index in [2.05, 4.69) is 25.6 Å². The number of aromatic nitrogens is 3. The fourth-order valence-electron chi connectivity index (χ4n) is 2.83. The van der Waals surface area contributed by atoms with Crippen LogP contribution in [0.3, 0.4) is 0 Å². The quantitative estimate of drug-likeness (QED) is 0.473. The van der Waals surface area contributed by atoms with Crippen molar-refractivity contribution in [2.75, 3.05) is 6.54 Å². The fraction of sp³-hybridized carbons (Fsp3) is 0.286. The van der Waals surface area contributed by atoms with Crippen molar-refractivity contribution >= 4 is 5.96 Å². The molecule has 158 valence electrons. The van der Waals surface area contributed by atoms with E-state index in [0.29, 0.717) is 24.6 Å². The van der Waals surface area contributed by atoms with E-state index in [1.165, 1.54) is 6.07 Å². The monoisotopic (exact) mass is 416 g/mol. The molecule has 0 bridgehead atoms. The van der Waals surface area contributed by atoms with Crippen LogP contribution in [-0.2, 0) is 19.3 Å². The fourth-order valence-corrected chi connectivity index (χ4v) is 2.83. The normalized spacial score (nSPS) is 12.1. The topological polar surface area (TPSA) is 67.1 Å². The molecule has 3 aromatic rings. The van der Waals surface area contributed by atoms with Crippen LogP contribution in [0, 0.1) is 6.92 Å². The summed E-state index contributed by atoms with van der Waals surface area (Å²) in [7, 11) is 0. The van der Waals surface area contributed by atoms with E-state index in [9.17, 15) is 13.2 Å². The van der Waals surface area contributed by atoms with E-state index in [4.69, 9.17) is 0 Å². The smallest absolute Gasteiger partial charge is 0.357 e. The summed E-state index contributed by atoms with van der Waals surface area (Å²) in [5.41, 5.74) is 0.771. The van der Waals surface area contributed by atoms with E-state index in [0.717, 1.165) is 29.3 Å². The van der Waals surface area contributed by atoms with Crippen molar-refractivity contribution in [3.05, 3.63) is 77.5 Å². The largest absolute Gasteiger partial charge is 0.416 e. The molecule has 0 amide bonds. The molecular formula is C21H23F3N6. The molecule has 0 saturated heterocycles. The molecule has 0 atom stereocenters. The highest BCUT2D eigenvalue weighted by molar-refractivity contribution is 5.79. The highest BCUT2D eigenvalue weighted by atomic mass is 19.4. The summed E-state index contributed by atoms with van der Waals surface area (Å²) in [6.07, 6.45) is 0.947. The number of pyridine rings is 1. The second-order valence-electron chi connectivity index (χ2n) is 6.62. The molecule has 0 aliphatic heterocycles. The van der Waals surface area contributed by atoms with Crippen molar-refractivity contribution in [2.24, 2.45) is 4.99 Å². The van der Waals surface area contributed by atoms with Gasteiger partial charge in [-0.2, -0.15) is 13.2 Å². The van der Waals surface area contributed by atoms with Gasteiger partial charge < -0.3 is 10.6 Å². The average molecular weight is 416 g/mol. The van der Waals surface area contributed by atoms with E-state index in [1.54, 1.807) is 18.5 Å². The van der Waals surface area contributed by atoms with Crippen molar-refractivity contribution < 1.29 is 13.2 Å². The van der Waals surface area contributed by atoms with Gasteiger partial charge in [-0.25, -0.2) is 15.0 Å². The maximum absolute atomic E-state index is 12.9. The highest BCUT2D eigenvalue weighted by Crippen LogP contribution is 2.29. The maximum atomic E-state index is 12.9. The number of benzene rings is 1. The second-order valence-corrected chi connectivity index (χ2v) is 6.62. The number of halogens is 3. The molecular weight excluding hydrogens is 393 g/mol. The number of guanidine groups is 1. The Morgan fingerprint density at radius 3 is 2.57 bits per heavy atom. The van der Waals surface area contributed by atoms with Gasteiger partial charge in [0.15, 0.2) is 5.96 Å². The summed E-state index contributed by atoms with van der Waals surface area (Å²) in [4.78, 5) is 13.1. The third kappa shape index (κ3) is 5.59. The maximum Gasteiger partial charge on any atom is 0.416 e. The van der Waals surface area contributed by atoms with Crippen LogP contribution in [0.25, 0.3) is 5.82 Å². The van der Waals surface area contributed by atoms with Gasteiger partial charge in [-0.15, -0.1) is 0 Å². The summed E-state index contributed by atoms with van der Waals surface area (Å²) in [6.45, 7) is 5.07. The molecule has 2 N–H and O–H groups in total. The molecule has 9 heteroatoms. The first kappa shape index (κ1) is 21.4. The lowest BCUT2D eigenvalue weighted by Crippen LogP contribution is -2.36. The standard InChI is InChI=1S/C21H23F3N6/c1-3-25-20(28-12-16-5-4-6-18(11-16)21(22,23)24)29-14-17-7-8-19(27-13-17)30-10-9-26-15(30)2/h4-11,13H,3,12,14H2,1-2H3,(H2,25,28,29). The molecule has 6 nitrogen and oxygen atoms in total. The molecule has 0 spiro atoms. The first-order valence-electron chi connectivity index (χ1n) is 9.50. The van der Waals surface area contributed by atoms with Gasteiger partial charge in [0.2, 0.25) is 0 Å². The lowest BCUT2D eigenvalue weighted by molar-refractivity contribution is -0.137. The number of hydrogen-bond acceptors (Lipinski definition) is 3. The highest BCUT2D eigenvalue weighted by Gasteiger charge is 2.30. The Morgan fingerprint density at radius 2 is 1.93 bits per heavy atom. The van der Waals surface area contributed by atoms with Crippen LogP contribution in [0.15, 0.2) is 60.0 Å². The zero-order chi connectivity index (χ0) is 21.6. The number of alkyl halides is 3. The Balaban J connectivity index is 1.64. The zero-order valence-corrected chi connectivity index (χ0v) is 16.7. The van der Waals surface area contributed by atoms with Crippen LogP contribution in [0.1, 0.15) is 29.4 Å². The Bertz CT molecular complexity index is 992. The van der Waals surface area contributed by atoms with Crippen LogP contribution in [-0.4, -0.2) is 27.0 Å². The third-order valence-electron chi connectivity index (χ3n) is 4.36. The van der Waals surface area contributed by atoms with Crippen LogP contribution in [0.5, 0.6) is 0 Å². The Hall–Kier alpha value is -3.36. The second kappa shape index (κ2) is 9.43. The number of aryl methyl sites for hydroxylation is 1. The van der Waals surface area contributed by atoms with Crippen LogP contribution in [0.2, 0.25) is 0 Å². The minimum atomic E-state index is -4.36. The average Bonchev–Trinajstić information content (AvgIpc) is 3.16. The Kier molecular flexibility index (Phi) is 6.71. The lowest BCUT2D eigenvalue weighted by Gasteiger charge is -2.13. The Morgan fingerprint density at radius 1 is 1.10 bits per heavy atom. The lowest BCUT2D eigenvalue weighted by atomic mass is 10.1. The minimum Gasteiger partial charge on any atom is -0.357 e. The molecule has 30 heavy (non-hydrogen) atoms. The van der Waals surface area contributed by atoms with Crippen molar-refractivity contribution in [2.45, 2.75) is 33.1 Å². The van der Waals surface area contributed by atoms with E-state index < -0.39 is 11.7 Å². The minimum absolute atomic E-state index is 0.229. The summed E-state index contributed by atoms with van der Waals surface area (Å²) in [6, 6.07) is 9.07. The van der Waals surface area contributed by atoms with Crippen molar-refractivity contribution in [1.82, 2.24) is 25.2 Å². The predicted octanol–water partition coefficient (Wildman–Crippen LogP) is 3.85. The van der Waals surface area contributed by atoms with Crippen molar-refractivity contribution in [3.8, 4) is 5.82 Å². The first-order chi connectivity index (χ1) is 14.4. The number of imidazole rings is 1. The predicted molar refractivity (Wildman–Crippen MR) is 109 cm³/mol. The number of aliphatic imine (C=N–C) groups is 1. The summed E-state index contributed by atoms with van der Waals surface area (Å²) >= 11 is 0. The van der Waals surface area contributed by atoms with E-state index in [1.807, 2.05) is 36.7 Å². The molecule has 2 heterocycles. The van der Waals surface area contributed by atoms with Crippen molar-refractivity contribution in [1.29, 1.82) is 0 Å². The number of rotatable bonds is 6. The number of nitrogens with one attached hydrogen (secondary N) is 2. The molecule has 0 aliphatic rings. The van der Waals surface area contributed by atoms with Gasteiger partial charge in [0.1, 0.15) is 11.6 Å². The van der Waals surface area contributed by atoms with Gasteiger partial charge in [0.25, 0.3) is 0 Å². The van der Waals surface area contributed by atoms with Gasteiger partial charge in [0.05, 0.1) is 12.1 Å². The van der Waals surface area contributed by atoms with Crippen molar-refractivity contribution in [3.63, 3.8) is 0 Å². The van der Waals surface area contributed by atoms with E-state index >= 15 is 0 Å². The summed E-state index contributed by atoms with van der Waals surface area (Å²) < 4.78 is 40.5. The molecule has 0 unspecified atom stereocenters. The molecule has 3 rings (SSSR count).